The molecule has 4 amide bonds. The number of amides is 4. The van der Waals surface area contributed by atoms with Gasteiger partial charge in [-0.1, -0.05) is 137 Å². The molecule has 72 heavy (non-hydrogen) atoms. The van der Waals surface area contributed by atoms with Crippen molar-refractivity contribution in [2.75, 3.05) is 88.3 Å². The molecule has 0 aliphatic carbocycles. The fourth-order valence-corrected chi connectivity index (χ4v) is 8.03. The van der Waals surface area contributed by atoms with Crippen molar-refractivity contribution in [3.05, 3.63) is 109 Å². The average Bonchev–Trinajstić information content (AvgIpc) is 3.32. The van der Waals surface area contributed by atoms with Crippen LogP contribution in [0.5, 0.6) is 11.5 Å². The van der Waals surface area contributed by atoms with Gasteiger partial charge in [0, 0.05) is 19.5 Å². The number of ether oxygens (including phenoxy) is 3. The van der Waals surface area contributed by atoms with Crippen molar-refractivity contribution >= 4 is 23.8 Å². The van der Waals surface area contributed by atoms with Crippen molar-refractivity contribution in [2.24, 2.45) is 5.92 Å². The largest absolute Gasteiger partial charge is 0.494 e. The van der Waals surface area contributed by atoms with Crippen LogP contribution in [0.1, 0.15) is 97.8 Å². The van der Waals surface area contributed by atoms with Crippen LogP contribution in [0.2, 0.25) is 0 Å². The minimum Gasteiger partial charge on any atom is -0.494 e. The predicted octanol–water partition coefficient (Wildman–Crippen LogP) is 10.7. The van der Waals surface area contributed by atoms with E-state index < -0.39 is 0 Å². The highest BCUT2D eigenvalue weighted by molar-refractivity contribution is 5.79. The van der Waals surface area contributed by atoms with Crippen LogP contribution in [0.15, 0.2) is 109 Å². The van der Waals surface area contributed by atoms with Crippen molar-refractivity contribution < 1.29 is 42.4 Å². The highest BCUT2D eigenvalue weighted by atomic mass is 16.5. The second kappa shape index (κ2) is 33.7. The van der Waals surface area contributed by atoms with Crippen LogP contribution in [0.4, 0.5) is 9.59 Å². The number of carbonyl (C=O) groups excluding carboxylic acids is 4. The maximum Gasteiger partial charge on any atom is 0.315 e. The lowest BCUT2D eigenvalue weighted by atomic mass is 10.1. The van der Waals surface area contributed by atoms with Crippen LogP contribution < -0.4 is 30.7 Å². The molecule has 2 atom stereocenters. The molecule has 0 saturated heterocycles. The number of Topliss-reactive ketones (excluding diaryl/α,β-unsaturated/α-hetero) is 1. The molecule has 0 aliphatic rings. The summed E-state index contributed by atoms with van der Waals surface area (Å²) in [5, 5.41) is 11.8. The number of benzene rings is 4. The zero-order valence-corrected chi connectivity index (χ0v) is 45.3. The Hall–Kier alpha value is -5.92. The quantitative estimate of drug-likeness (QED) is 0.0217. The number of hydrogen-bond donors (Lipinski definition) is 4. The average molecular weight is 995 g/mol. The minimum absolute atomic E-state index is 0.0897. The molecule has 0 spiro atoms. The summed E-state index contributed by atoms with van der Waals surface area (Å²) in [6.45, 7) is 10.0. The summed E-state index contributed by atoms with van der Waals surface area (Å²) >= 11 is 0. The van der Waals surface area contributed by atoms with Crippen molar-refractivity contribution in [3.63, 3.8) is 0 Å². The van der Waals surface area contributed by atoms with Gasteiger partial charge in [0.15, 0.2) is 0 Å². The standard InChI is InChI=1S/C31H47N3O4.C28H41N3O3/c1-25(2)24-38-30(35)22-28(23-34(3,4)5)33-31(36)32-20-12-7-6-8-13-21-37-29-18-16-27(17-19-29)26-14-10-9-11-15-26;1-23(32)21-26(22-31(2,3)4)30-28(33)29-19-11-6-5-7-12-20-34-27-17-15-25(16-18-27)24-13-9-8-10-14-24/h9-11,14-19,25,28H,6-8,12-13,20-24H2,1-5H3,(H-,32,33,36);8-10,13-18,26H,5-7,11-12,19-22H2,1-4H3,(H-,29,30,33)/p+2/t28-;26-/m11/s1. The Bertz CT molecular complexity index is 2100. The molecule has 0 saturated carbocycles. The number of rotatable bonds is 32. The van der Waals surface area contributed by atoms with E-state index in [0.717, 1.165) is 82.3 Å². The molecule has 0 fully saturated rings. The summed E-state index contributed by atoms with van der Waals surface area (Å²) in [5.41, 5.74) is 4.80. The van der Waals surface area contributed by atoms with Gasteiger partial charge in [0.1, 0.15) is 17.3 Å². The number of likely N-dealkylation sites (N-methyl/N-ethyl adjacent to an activating group) is 2. The molecule has 396 valence electrons. The number of quaternary nitrogens is 2. The summed E-state index contributed by atoms with van der Waals surface area (Å²) < 4.78 is 18.4. The zero-order valence-electron chi connectivity index (χ0n) is 45.3. The maximum atomic E-state index is 12.4. The van der Waals surface area contributed by atoms with Gasteiger partial charge in [0.25, 0.3) is 0 Å². The smallest absolute Gasteiger partial charge is 0.315 e. The highest BCUT2D eigenvalue weighted by Gasteiger charge is 2.24. The predicted molar refractivity (Wildman–Crippen MR) is 293 cm³/mol. The monoisotopic (exact) mass is 995 g/mol. The van der Waals surface area contributed by atoms with E-state index in [9.17, 15) is 19.2 Å². The molecule has 0 aliphatic heterocycles. The van der Waals surface area contributed by atoms with Gasteiger partial charge in [0.05, 0.1) is 93.7 Å². The minimum atomic E-state index is -0.274. The van der Waals surface area contributed by atoms with E-state index in [0.29, 0.717) is 54.8 Å². The van der Waals surface area contributed by atoms with Crippen molar-refractivity contribution in [3.8, 4) is 33.8 Å². The van der Waals surface area contributed by atoms with Crippen LogP contribution in [0.3, 0.4) is 0 Å². The summed E-state index contributed by atoms with van der Waals surface area (Å²) in [6.07, 6.45) is 11.0. The number of ketones is 1. The van der Waals surface area contributed by atoms with Gasteiger partial charge in [-0.15, -0.1) is 0 Å². The van der Waals surface area contributed by atoms with E-state index in [-0.39, 0.29) is 48.2 Å². The number of carbonyl (C=O) groups is 4. The molecule has 0 unspecified atom stereocenters. The molecule has 4 N–H and O–H groups in total. The molecule has 13 nitrogen and oxygen atoms in total. The van der Waals surface area contributed by atoms with Crippen LogP contribution in [0, 0.1) is 5.92 Å². The van der Waals surface area contributed by atoms with Crippen LogP contribution in [-0.4, -0.2) is 133 Å². The number of hydrogen-bond acceptors (Lipinski definition) is 7. The summed E-state index contributed by atoms with van der Waals surface area (Å²) in [4.78, 5) is 48.2. The Morgan fingerprint density at radius 3 is 1.21 bits per heavy atom. The summed E-state index contributed by atoms with van der Waals surface area (Å²) in [7, 11) is 12.3. The first kappa shape index (κ1) is 60.4. The van der Waals surface area contributed by atoms with Gasteiger partial charge in [-0.05, 0) is 85.0 Å². The molecule has 0 radical (unpaired) electrons. The van der Waals surface area contributed by atoms with Gasteiger partial charge in [0.2, 0.25) is 0 Å². The SMILES string of the molecule is CC(=O)C[C@H](C[N+](C)(C)C)NC(=O)NCCCCCCCOc1ccc(-c2ccccc2)cc1.CC(C)COC(=O)C[C@H](C[N+](C)(C)C)NC(=O)NCCCCCCCOc1ccc(-c2ccccc2)cc1. The second-order valence-electron chi connectivity index (χ2n) is 21.3. The molecule has 4 rings (SSSR count). The van der Waals surface area contributed by atoms with E-state index in [4.69, 9.17) is 14.2 Å². The molecule has 4 aromatic rings. The number of unbranched alkanes of at least 4 members (excludes halogenated alkanes) is 8. The van der Waals surface area contributed by atoms with Gasteiger partial charge >= 0.3 is 18.0 Å². The lowest BCUT2D eigenvalue weighted by Crippen LogP contribution is -2.52. The van der Waals surface area contributed by atoms with Crippen LogP contribution in [-0.2, 0) is 14.3 Å². The lowest BCUT2D eigenvalue weighted by molar-refractivity contribution is -0.871. The topological polar surface area (TPSA) is 144 Å². The Balaban J connectivity index is 0.000000383. The first-order valence-corrected chi connectivity index (χ1v) is 26.3. The zero-order chi connectivity index (χ0) is 52.6. The molecule has 0 heterocycles. The Morgan fingerprint density at radius 2 is 0.833 bits per heavy atom. The van der Waals surface area contributed by atoms with Crippen molar-refractivity contribution in [1.82, 2.24) is 21.3 Å². The Kier molecular flexibility index (Phi) is 28.2. The highest BCUT2D eigenvalue weighted by Crippen LogP contribution is 2.24. The van der Waals surface area contributed by atoms with E-state index in [1.165, 1.54) is 22.3 Å². The van der Waals surface area contributed by atoms with Gasteiger partial charge in [-0.25, -0.2) is 9.59 Å². The van der Waals surface area contributed by atoms with Gasteiger partial charge in [-0.3, -0.25) is 9.59 Å². The Labute approximate surface area is 433 Å². The third kappa shape index (κ3) is 29.4. The Morgan fingerprint density at radius 1 is 0.472 bits per heavy atom. The molecule has 0 bridgehead atoms. The van der Waals surface area contributed by atoms with Crippen molar-refractivity contribution in [1.29, 1.82) is 0 Å². The molecule has 4 aromatic carbocycles. The first-order valence-electron chi connectivity index (χ1n) is 26.3. The lowest BCUT2D eigenvalue weighted by Gasteiger charge is -2.29. The number of nitrogens with one attached hydrogen (secondary N) is 4. The van der Waals surface area contributed by atoms with Gasteiger partial charge < -0.3 is 44.4 Å². The molecule has 13 heteroatoms. The van der Waals surface area contributed by atoms with E-state index in [2.05, 4.69) is 90.9 Å². The van der Waals surface area contributed by atoms with Crippen LogP contribution >= 0.6 is 0 Å². The van der Waals surface area contributed by atoms with Crippen molar-refractivity contribution in [2.45, 2.75) is 110 Å². The van der Waals surface area contributed by atoms with Gasteiger partial charge in [-0.2, -0.15) is 0 Å². The summed E-state index contributed by atoms with van der Waals surface area (Å²) in [5.74, 6) is 1.91. The van der Waals surface area contributed by atoms with E-state index >= 15 is 0 Å². The maximum absolute atomic E-state index is 12.4. The van der Waals surface area contributed by atoms with E-state index in [1.807, 2.05) is 95.7 Å². The molecule has 0 aromatic heterocycles. The molecular weight excluding hydrogens is 905 g/mol. The first-order chi connectivity index (χ1) is 34.3. The number of nitrogens with zero attached hydrogens (tertiary/aromatic N) is 2. The van der Waals surface area contributed by atoms with Crippen LogP contribution in [0.25, 0.3) is 22.3 Å². The second-order valence-corrected chi connectivity index (χ2v) is 21.3. The molecular formula is C59H90N6O7+2. The number of urea groups is 2. The third-order valence-electron chi connectivity index (χ3n) is 11.4. The van der Waals surface area contributed by atoms with E-state index in [1.54, 1.807) is 6.92 Å². The third-order valence-corrected chi connectivity index (χ3v) is 11.4. The normalized spacial score (nSPS) is 12.1. The fraction of sp³-hybridized carbons (Fsp3) is 0.525. The summed E-state index contributed by atoms with van der Waals surface area (Å²) in [6, 6.07) is 36.3. The number of esters is 1. The fourth-order valence-electron chi connectivity index (χ4n) is 8.03.